The molecule has 2 aromatic carbocycles. The number of nitro groups is 2. The molecule has 0 fully saturated rings. The maximum Gasteiger partial charge on any atom is 0.390 e. The van der Waals surface area contributed by atoms with Crippen molar-refractivity contribution < 1.29 is 47.6 Å². The molecule has 22 heteroatoms. The summed E-state index contributed by atoms with van der Waals surface area (Å²) in [7, 11) is 0. The number of benzene rings is 2. The predicted molar refractivity (Wildman–Crippen MR) is 155 cm³/mol. The van der Waals surface area contributed by atoms with Gasteiger partial charge in [-0.1, -0.05) is 10.4 Å². The van der Waals surface area contributed by atoms with Crippen LogP contribution in [0.4, 0.5) is 24.5 Å². The lowest BCUT2D eigenvalue weighted by atomic mass is 10.1. The van der Waals surface area contributed by atoms with Gasteiger partial charge in [-0.2, -0.15) is 13.2 Å². The molecule has 19 nitrogen and oxygen atoms in total. The molecule has 0 aliphatic heterocycles. The van der Waals surface area contributed by atoms with Crippen LogP contribution in [-0.4, -0.2) is 85.6 Å². The van der Waals surface area contributed by atoms with Crippen molar-refractivity contribution in [2.24, 2.45) is 0 Å². The van der Waals surface area contributed by atoms with Crippen LogP contribution in [0.25, 0.3) is 34.2 Å². The second kappa shape index (κ2) is 12.9. The highest BCUT2D eigenvalue weighted by Crippen LogP contribution is 2.27. The number of aromatic nitrogens is 7. The minimum Gasteiger partial charge on any atom is -0.477 e. The van der Waals surface area contributed by atoms with Crippen molar-refractivity contribution in [3.63, 3.8) is 0 Å². The zero-order valence-electron chi connectivity index (χ0n) is 24.1. The third-order valence-electron chi connectivity index (χ3n) is 6.64. The summed E-state index contributed by atoms with van der Waals surface area (Å²) in [5.41, 5.74) is -2.98. The van der Waals surface area contributed by atoms with E-state index in [9.17, 15) is 58.0 Å². The lowest BCUT2D eigenvalue weighted by Gasteiger charge is -2.09. The van der Waals surface area contributed by atoms with Crippen molar-refractivity contribution >= 4 is 29.2 Å². The van der Waals surface area contributed by atoms with Crippen LogP contribution in [0.5, 0.6) is 0 Å². The largest absolute Gasteiger partial charge is 0.477 e. The maximum atomic E-state index is 12.9. The van der Waals surface area contributed by atoms with E-state index in [1.807, 2.05) is 0 Å². The van der Waals surface area contributed by atoms with Gasteiger partial charge in [0.25, 0.3) is 17.3 Å². The number of carboxylic acids is 2. The molecule has 1 amide bonds. The summed E-state index contributed by atoms with van der Waals surface area (Å²) in [4.78, 5) is 61.2. The Morgan fingerprint density at radius 1 is 0.755 bits per heavy atom. The van der Waals surface area contributed by atoms with Gasteiger partial charge in [0.05, 0.1) is 51.4 Å². The molecule has 0 saturated carbocycles. The van der Waals surface area contributed by atoms with Gasteiger partial charge >= 0.3 is 18.1 Å². The highest BCUT2D eigenvalue weighted by molar-refractivity contribution is 5.96. The van der Waals surface area contributed by atoms with Gasteiger partial charge in [-0.15, -0.1) is 10.2 Å². The number of nitrogens with one attached hydrogen (secondary N) is 1. The number of carbonyl (C=O) groups excluding carboxylic acids is 1. The second-order valence-electron chi connectivity index (χ2n) is 9.87. The molecule has 0 atom stereocenters. The lowest BCUT2D eigenvalue weighted by Crippen LogP contribution is -2.28. The normalized spacial score (nSPS) is 11.2. The first kappa shape index (κ1) is 33.2. The topological polar surface area (TPSA) is 264 Å². The Morgan fingerprint density at radius 3 is 1.59 bits per heavy atom. The lowest BCUT2D eigenvalue weighted by molar-refractivity contribution is -0.385. The van der Waals surface area contributed by atoms with E-state index in [0.717, 1.165) is 33.6 Å². The Morgan fingerprint density at radius 2 is 1.20 bits per heavy atom. The van der Waals surface area contributed by atoms with Gasteiger partial charge in [-0.25, -0.2) is 23.9 Å². The zero-order chi connectivity index (χ0) is 35.6. The first-order valence-electron chi connectivity index (χ1n) is 13.4. The molecule has 5 aromatic rings. The molecule has 250 valence electrons. The first-order valence-corrected chi connectivity index (χ1v) is 13.4. The van der Waals surface area contributed by atoms with E-state index >= 15 is 0 Å². The van der Waals surface area contributed by atoms with Crippen LogP contribution < -0.4 is 5.32 Å². The maximum absolute atomic E-state index is 12.9. The Labute approximate surface area is 268 Å². The smallest absolute Gasteiger partial charge is 0.390 e. The highest BCUT2D eigenvalue weighted by Gasteiger charge is 2.27. The van der Waals surface area contributed by atoms with Gasteiger partial charge < -0.3 is 15.5 Å². The van der Waals surface area contributed by atoms with Crippen molar-refractivity contribution in [1.82, 2.24) is 40.3 Å². The highest BCUT2D eigenvalue weighted by atomic mass is 19.4. The number of amides is 1. The number of aromatic carboxylic acids is 2. The summed E-state index contributed by atoms with van der Waals surface area (Å²) in [5.74, 6) is -4.01. The summed E-state index contributed by atoms with van der Waals surface area (Å²) in [5, 5.41) is 59.2. The number of hydrogen-bond acceptors (Lipinski definition) is 12. The fourth-order valence-electron chi connectivity index (χ4n) is 4.35. The van der Waals surface area contributed by atoms with Crippen molar-refractivity contribution in [3.8, 4) is 34.2 Å². The number of carboxylic acid groups (broad SMARTS) is 2. The Bertz CT molecular complexity index is 2030. The summed E-state index contributed by atoms with van der Waals surface area (Å²) in [6.07, 6.45) is -3.39. The molecule has 0 unspecified atom stereocenters. The predicted octanol–water partition coefficient (Wildman–Crippen LogP) is 3.47. The molecular formula is C27H17F3N10O9. The van der Waals surface area contributed by atoms with Crippen LogP contribution in [0.3, 0.4) is 0 Å². The third-order valence-corrected chi connectivity index (χ3v) is 6.64. The standard InChI is InChI=1S/C27H17F3N10O9/c28-27(29,30)5-6-31-24(41)13-7-18(20-11-37(35-33-20)14-1-3-16(25(42)43)22(9-14)39(46)47)32-19(8-13)21-12-38(36-34-21)15-2-4-17(26(44)45)23(10-15)40(48)49/h1-4,7-12H,5-6H2,(H,31,41)(H,42,43)(H,44,45). The fourth-order valence-corrected chi connectivity index (χ4v) is 4.35. The summed E-state index contributed by atoms with van der Waals surface area (Å²) < 4.78 is 40.2. The molecule has 3 heterocycles. The van der Waals surface area contributed by atoms with Crippen molar-refractivity contribution in [3.05, 3.63) is 97.8 Å². The second-order valence-corrected chi connectivity index (χ2v) is 9.87. The molecule has 0 bridgehead atoms. The summed E-state index contributed by atoms with van der Waals surface area (Å²) in [6.45, 7) is -0.752. The molecule has 0 saturated heterocycles. The zero-order valence-corrected chi connectivity index (χ0v) is 24.1. The van der Waals surface area contributed by atoms with E-state index in [1.54, 1.807) is 0 Å². The summed E-state index contributed by atoms with van der Waals surface area (Å²) >= 11 is 0. The van der Waals surface area contributed by atoms with Gasteiger partial charge in [0, 0.05) is 24.2 Å². The Hall–Kier alpha value is -7.13. The van der Waals surface area contributed by atoms with E-state index < -0.39 is 69.3 Å². The van der Waals surface area contributed by atoms with Crippen LogP contribution in [0, 0.1) is 20.2 Å². The molecule has 0 aliphatic carbocycles. The van der Waals surface area contributed by atoms with Crippen LogP contribution in [-0.2, 0) is 0 Å². The number of alkyl halides is 3. The van der Waals surface area contributed by atoms with Crippen molar-refractivity contribution in [1.29, 1.82) is 0 Å². The van der Waals surface area contributed by atoms with Gasteiger partial charge in [-0.05, 0) is 36.4 Å². The molecule has 5 rings (SSSR count). The number of carbonyl (C=O) groups is 3. The molecule has 3 aromatic heterocycles. The van der Waals surface area contributed by atoms with E-state index in [1.165, 1.54) is 36.7 Å². The fraction of sp³-hybridized carbons (Fsp3) is 0.111. The number of nitro benzene ring substituents is 2. The number of rotatable bonds is 11. The number of halogens is 3. The molecule has 49 heavy (non-hydrogen) atoms. The van der Waals surface area contributed by atoms with Gasteiger partial charge in [-0.3, -0.25) is 25.0 Å². The number of hydrogen-bond donors (Lipinski definition) is 3. The van der Waals surface area contributed by atoms with Crippen molar-refractivity contribution in [2.45, 2.75) is 12.6 Å². The minimum absolute atomic E-state index is 0.0303. The molecule has 3 N–H and O–H groups in total. The molecule has 0 aliphatic rings. The van der Waals surface area contributed by atoms with E-state index in [4.69, 9.17) is 0 Å². The SMILES string of the molecule is O=C(NCCC(F)(F)F)c1cc(-c2cn(-c3ccc(C(=O)O)c([N+](=O)[O-])c3)nn2)nc(-c2cn(-c3ccc(C(=O)O)c([N+](=O)[O-])c3)nn2)c1. The van der Waals surface area contributed by atoms with E-state index in [-0.39, 0.29) is 39.7 Å². The van der Waals surface area contributed by atoms with Gasteiger partial charge in [0.1, 0.15) is 22.5 Å². The average molecular weight is 682 g/mol. The minimum atomic E-state index is -4.55. The Kier molecular flexibility index (Phi) is 8.77. The summed E-state index contributed by atoms with van der Waals surface area (Å²) in [6, 6.07) is 8.67. The number of nitrogens with zero attached hydrogens (tertiary/aromatic N) is 9. The first-order chi connectivity index (χ1) is 23.1. The van der Waals surface area contributed by atoms with E-state index in [2.05, 4.69) is 30.9 Å². The Balaban J connectivity index is 1.55. The van der Waals surface area contributed by atoms with Crippen molar-refractivity contribution in [2.75, 3.05) is 6.54 Å². The van der Waals surface area contributed by atoms with Gasteiger partial charge in [0.15, 0.2) is 0 Å². The van der Waals surface area contributed by atoms with E-state index in [0.29, 0.717) is 0 Å². The average Bonchev–Trinajstić information content (AvgIpc) is 3.74. The number of pyridine rings is 1. The monoisotopic (exact) mass is 682 g/mol. The van der Waals surface area contributed by atoms with Crippen LogP contribution in [0.15, 0.2) is 60.9 Å². The van der Waals surface area contributed by atoms with Crippen LogP contribution in [0.1, 0.15) is 37.5 Å². The van der Waals surface area contributed by atoms with Crippen LogP contribution in [0.2, 0.25) is 0 Å². The molecule has 0 spiro atoms. The molecule has 0 radical (unpaired) electrons. The molecular weight excluding hydrogens is 665 g/mol. The quantitative estimate of drug-likeness (QED) is 0.133. The van der Waals surface area contributed by atoms with Gasteiger partial charge in [0.2, 0.25) is 0 Å². The third kappa shape index (κ3) is 7.32. The van der Waals surface area contributed by atoms with Crippen LogP contribution >= 0.6 is 0 Å².